The zero-order valence-corrected chi connectivity index (χ0v) is 12.0. The predicted molar refractivity (Wildman–Crippen MR) is 78.7 cm³/mol. The average Bonchev–Trinajstić information content (AvgIpc) is 2.45. The fourth-order valence-corrected chi connectivity index (χ4v) is 1.57. The second-order valence-electron chi connectivity index (χ2n) is 4.48. The summed E-state index contributed by atoms with van der Waals surface area (Å²) in [4.78, 5) is 13.7. The Kier molecular flexibility index (Phi) is 5.60. The number of nitriles is 1. The van der Waals surface area contributed by atoms with E-state index in [0.717, 1.165) is 5.69 Å². The predicted octanol–water partition coefficient (Wildman–Crippen LogP) is 1.90. The third-order valence-corrected chi connectivity index (χ3v) is 2.72. The van der Waals surface area contributed by atoms with E-state index in [1.54, 1.807) is 12.1 Å². The zero-order valence-electron chi connectivity index (χ0n) is 12.0. The van der Waals surface area contributed by atoms with Crippen molar-refractivity contribution in [3.05, 3.63) is 35.4 Å². The van der Waals surface area contributed by atoms with Crippen molar-refractivity contribution in [1.82, 2.24) is 0 Å². The summed E-state index contributed by atoms with van der Waals surface area (Å²) in [5.74, 6) is -0.677. The molecule has 1 aromatic carbocycles. The molecular formula is C15H19N3O2. The Morgan fingerprint density at radius 2 is 1.95 bits per heavy atom. The standard InChI is InChI=1S/C15H19N3O2/c1-4-9-20-15(19)13(10-16)14(17)11-5-7-12(8-6-11)18(2)3/h5-8H,4,9,17H2,1-3H3/b14-13-. The fraction of sp³-hybridized carbons (Fsp3) is 0.333. The third-order valence-electron chi connectivity index (χ3n) is 2.72. The van der Waals surface area contributed by atoms with Crippen molar-refractivity contribution in [3.8, 4) is 6.07 Å². The Hall–Kier alpha value is -2.48. The molecule has 1 rings (SSSR count). The van der Waals surface area contributed by atoms with Gasteiger partial charge in [0.25, 0.3) is 0 Å². The summed E-state index contributed by atoms with van der Waals surface area (Å²) in [6, 6.07) is 9.10. The number of benzene rings is 1. The van der Waals surface area contributed by atoms with Gasteiger partial charge in [-0.25, -0.2) is 4.79 Å². The van der Waals surface area contributed by atoms with Crippen molar-refractivity contribution in [2.24, 2.45) is 5.73 Å². The van der Waals surface area contributed by atoms with Crippen LogP contribution in [0.25, 0.3) is 5.70 Å². The molecular weight excluding hydrogens is 254 g/mol. The number of carbonyl (C=O) groups excluding carboxylic acids is 1. The molecule has 2 N–H and O–H groups in total. The van der Waals surface area contributed by atoms with Gasteiger partial charge in [-0.1, -0.05) is 19.1 Å². The quantitative estimate of drug-likeness (QED) is 0.503. The van der Waals surface area contributed by atoms with Crippen LogP contribution in [0.4, 0.5) is 5.69 Å². The topological polar surface area (TPSA) is 79.3 Å². The summed E-state index contributed by atoms with van der Waals surface area (Å²) >= 11 is 0. The lowest BCUT2D eigenvalue weighted by Gasteiger charge is -2.13. The first kappa shape index (κ1) is 15.6. The van der Waals surface area contributed by atoms with Crippen LogP contribution in [0.1, 0.15) is 18.9 Å². The Morgan fingerprint density at radius 3 is 2.40 bits per heavy atom. The minimum absolute atomic E-state index is 0.138. The maximum absolute atomic E-state index is 11.7. The number of ether oxygens (including phenoxy) is 1. The smallest absolute Gasteiger partial charge is 0.351 e. The van der Waals surface area contributed by atoms with E-state index >= 15 is 0 Å². The number of nitrogens with zero attached hydrogens (tertiary/aromatic N) is 2. The molecule has 0 aromatic heterocycles. The van der Waals surface area contributed by atoms with E-state index in [1.165, 1.54) is 0 Å². The van der Waals surface area contributed by atoms with E-state index < -0.39 is 5.97 Å². The van der Waals surface area contributed by atoms with Gasteiger partial charge in [-0.05, 0) is 24.1 Å². The minimum atomic E-state index is -0.677. The van der Waals surface area contributed by atoms with Gasteiger partial charge in [0.15, 0.2) is 5.57 Å². The first-order valence-electron chi connectivity index (χ1n) is 6.36. The van der Waals surface area contributed by atoms with Crippen molar-refractivity contribution in [3.63, 3.8) is 0 Å². The molecule has 106 valence electrons. The molecule has 5 nitrogen and oxygen atoms in total. The number of hydrogen-bond donors (Lipinski definition) is 1. The number of nitrogens with two attached hydrogens (primary N) is 1. The monoisotopic (exact) mass is 273 g/mol. The Labute approximate surface area is 119 Å². The minimum Gasteiger partial charge on any atom is -0.462 e. The van der Waals surface area contributed by atoms with Gasteiger partial charge >= 0.3 is 5.97 Å². The molecule has 0 saturated heterocycles. The molecule has 0 saturated carbocycles. The van der Waals surface area contributed by atoms with Gasteiger partial charge in [-0.3, -0.25) is 0 Å². The Bertz CT molecular complexity index is 539. The van der Waals surface area contributed by atoms with Crippen LogP contribution in [0.15, 0.2) is 29.8 Å². The van der Waals surface area contributed by atoms with Crippen LogP contribution in [0.2, 0.25) is 0 Å². The molecule has 0 radical (unpaired) electrons. The van der Waals surface area contributed by atoms with E-state index in [0.29, 0.717) is 12.0 Å². The lowest BCUT2D eigenvalue weighted by molar-refractivity contribution is -0.138. The molecule has 1 aromatic rings. The van der Waals surface area contributed by atoms with Crippen molar-refractivity contribution in [2.45, 2.75) is 13.3 Å². The molecule has 0 fully saturated rings. The van der Waals surface area contributed by atoms with Crippen LogP contribution in [0.3, 0.4) is 0 Å². The number of carbonyl (C=O) groups is 1. The fourth-order valence-electron chi connectivity index (χ4n) is 1.57. The number of hydrogen-bond acceptors (Lipinski definition) is 5. The highest BCUT2D eigenvalue weighted by molar-refractivity contribution is 6.01. The molecule has 0 unspecified atom stereocenters. The van der Waals surface area contributed by atoms with Crippen molar-refractivity contribution in [2.75, 3.05) is 25.6 Å². The second-order valence-corrected chi connectivity index (χ2v) is 4.48. The molecule has 0 bridgehead atoms. The summed E-state index contributed by atoms with van der Waals surface area (Å²) in [5, 5.41) is 9.07. The van der Waals surface area contributed by atoms with E-state index in [9.17, 15) is 4.79 Å². The lowest BCUT2D eigenvalue weighted by Crippen LogP contribution is -2.13. The van der Waals surface area contributed by atoms with Crippen LogP contribution < -0.4 is 10.6 Å². The van der Waals surface area contributed by atoms with E-state index in [2.05, 4.69) is 0 Å². The Morgan fingerprint density at radius 1 is 1.35 bits per heavy atom. The normalized spacial score (nSPS) is 11.3. The van der Waals surface area contributed by atoms with Crippen LogP contribution in [-0.2, 0) is 9.53 Å². The molecule has 0 spiro atoms. The van der Waals surface area contributed by atoms with Crippen LogP contribution in [-0.4, -0.2) is 26.7 Å². The summed E-state index contributed by atoms with van der Waals surface area (Å²) in [6.07, 6.45) is 0.696. The number of rotatable bonds is 5. The van der Waals surface area contributed by atoms with Gasteiger partial charge in [-0.2, -0.15) is 5.26 Å². The molecule has 0 heterocycles. The summed E-state index contributed by atoms with van der Waals surface area (Å²) < 4.78 is 4.94. The molecule has 0 aliphatic carbocycles. The van der Waals surface area contributed by atoms with Gasteiger partial charge in [0.1, 0.15) is 6.07 Å². The second kappa shape index (κ2) is 7.19. The zero-order chi connectivity index (χ0) is 15.1. The SMILES string of the molecule is CCCOC(=O)/C(C#N)=C(\N)c1ccc(N(C)C)cc1. The van der Waals surface area contributed by atoms with E-state index in [4.69, 9.17) is 15.7 Å². The maximum atomic E-state index is 11.7. The molecule has 0 aliphatic heterocycles. The molecule has 5 heteroatoms. The average molecular weight is 273 g/mol. The highest BCUT2D eigenvalue weighted by atomic mass is 16.5. The molecule has 0 amide bonds. The van der Waals surface area contributed by atoms with Gasteiger partial charge in [0.2, 0.25) is 0 Å². The first-order chi connectivity index (χ1) is 9.51. The lowest BCUT2D eigenvalue weighted by atomic mass is 10.1. The van der Waals surface area contributed by atoms with Crippen LogP contribution in [0.5, 0.6) is 0 Å². The van der Waals surface area contributed by atoms with E-state index in [1.807, 2.05) is 44.1 Å². The Balaban J connectivity index is 3.05. The van der Waals surface area contributed by atoms with Crippen LogP contribution in [0, 0.1) is 11.3 Å². The maximum Gasteiger partial charge on any atom is 0.351 e. The number of anilines is 1. The highest BCUT2D eigenvalue weighted by Gasteiger charge is 2.16. The summed E-state index contributed by atoms with van der Waals surface area (Å²) in [5.41, 5.74) is 7.51. The van der Waals surface area contributed by atoms with Crippen molar-refractivity contribution >= 4 is 17.4 Å². The molecule has 20 heavy (non-hydrogen) atoms. The molecule has 0 aliphatic rings. The third kappa shape index (κ3) is 3.75. The van der Waals surface area contributed by atoms with Gasteiger partial charge in [-0.15, -0.1) is 0 Å². The van der Waals surface area contributed by atoms with E-state index in [-0.39, 0.29) is 17.9 Å². The van der Waals surface area contributed by atoms with Gasteiger partial charge in [0.05, 0.1) is 12.3 Å². The summed E-state index contributed by atoms with van der Waals surface area (Å²) in [7, 11) is 3.86. The van der Waals surface area contributed by atoms with Crippen molar-refractivity contribution in [1.29, 1.82) is 5.26 Å². The number of esters is 1. The van der Waals surface area contributed by atoms with Gasteiger partial charge < -0.3 is 15.4 Å². The first-order valence-corrected chi connectivity index (χ1v) is 6.36. The van der Waals surface area contributed by atoms with Crippen LogP contribution >= 0.6 is 0 Å². The van der Waals surface area contributed by atoms with Gasteiger partial charge in [0, 0.05) is 19.8 Å². The highest BCUT2D eigenvalue weighted by Crippen LogP contribution is 2.18. The molecule has 0 atom stereocenters. The largest absolute Gasteiger partial charge is 0.462 e. The summed E-state index contributed by atoms with van der Waals surface area (Å²) in [6.45, 7) is 2.16. The van der Waals surface area contributed by atoms with Crippen molar-refractivity contribution < 1.29 is 9.53 Å².